The summed E-state index contributed by atoms with van der Waals surface area (Å²) in [5.74, 6) is -3.97. The number of alkyl halides is 4. The summed E-state index contributed by atoms with van der Waals surface area (Å²) in [6, 6.07) is 7.25. The zero-order valence-corrected chi connectivity index (χ0v) is 9.80. The molecule has 0 heterocycles. The number of nitrogen functional groups attached to an aromatic ring is 1. The highest BCUT2D eigenvalue weighted by Crippen LogP contribution is 2.21. The van der Waals surface area contributed by atoms with Gasteiger partial charge >= 0.3 is 12.3 Å². The van der Waals surface area contributed by atoms with Crippen LogP contribution in [0.2, 0.25) is 0 Å². The first kappa shape index (κ1) is 14.8. The SMILES string of the molecule is Nc1ccccc1CCCNCC(F)(F)C(F)F. The van der Waals surface area contributed by atoms with Crippen molar-refractivity contribution in [3.63, 3.8) is 0 Å². The Hall–Kier alpha value is -1.30. The lowest BCUT2D eigenvalue weighted by Crippen LogP contribution is -2.39. The minimum atomic E-state index is -3.97. The van der Waals surface area contributed by atoms with Crippen molar-refractivity contribution in [2.45, 2.75) is 25.2 Å². The number of para-hydroxylation sites is 1. The molecule has 0 aliphatic rings. The summed E-state index contributed by atoms with van der Waals surface area (Å²) < 4.78 is 48.7. The molecule has 0 unspecified atom stereocenters. The number of rotatable bonds is 7. The predicted octanol–water partition coefficient (Wildman–Crippen LogP) is 2.69. The van der Waals surface area contributed by atoms with E-state index >= 15 is 0 Å². The second-order valence-corrected chi connectivity index (χ2v) is 4.04. The molecule has 0 saturated heterocycles. The lowest BCUT2D eigenvalue weighted by Gasteiger charge is -2.15. The van der Waals surface area contributed by atoms with E-state index in [-0.39, 0.29) is 6.54 Å². The van der Waals surface area contributed by atoms with E-state index < -0.39 is 18.9 Å². The van der Waals surface area contributed by atoms with Crippen molar-refractivity contribution >= 4 is 5.69 Å². The monoisotopic (exact) mass is 264 g/mol. The van der Waals surface area contributed by atoms with E-state index in [1.165, 1.54) is 0 Å². The van der Waals surface area contributed by atoms with E-state index in [1.807, 2.05) is 12.1 Å². The third-order valence-electron chi connectivity index (χ3n) is 2.53. The third-order valence-corrected chi connectivity index (χ3v) is 2.53. The van der Waals surface area contributed by atoms with Crippen molar-refractivity contribution < 1.29 is 17.6 Å². The molecule has 1 rings (SSSR count). The molecular weight excluding hydrogens is 248 g/mol. The van der Waals surface area contributed by atoms with Crippen LogP contribution in [0.15, 0.2) is 24.3 Å². The fourth-order valence-electron chi connectivity index (χ4n) is 1.50. The second-order valence-electron chi connectivity index (χ2n) is 4.04. The van der Waals surface area contributed by atoms with Crippen LogP contribution < -0.4 is 11.1 Å². The molecule has 0 spiro atoms. The molecule has 0 aliphatic heterocycles. The number of nitrogens with two attached hydrogens (primary N) is 1. The Bertz CT molecular complexity index is 369. The molecule has 0 saturated carbocycles. The van der Waals surface area contributed by atoms with Crippen molar-refractivity contribution in [2.24, 2.45) is 0 Å². The standard InChI is InChI=1S/C12H16F4N2/c13-11(14)12(15,16)8-18-7-3-5-9-4-1-2-6-10(9)17/h1-2,4,6,11,18H,3,5,7-8,17H2. The molecule has 18 heavy (non-hydrogen) atoms. The minimum absolute atomic E-state index is 0.247. The number of hydrogen-bond acceptors (Lipinski definition) is 2. The smallest absolute Gasteiger partial charge is 0.319 e. The Kier molecular flexibility index (Phi) is 5.40. The maximum absolute atomic E-state index is 12.5. The molecule has 0 fully saturated rings. The molecule has 3 N–H and O–H groups in total. The Morgan fingerprint density at radius 2 is 1.89 bits per heavy atom. The average Bonchev–Trinajstić information content (AvgIpc) is 2.30. The van der Waals surface area contributed by atoms with Gasteiger partial charge in [0.15, 0.2) is 0 Å². The van der Waals surface area contributed by atoms with Gasteiger partial charge in [0.1, 0.15) is 0 Å². The summed E-state index contributed by atoms with van der Waals surface area (Å²) in [6.45, 7) is -0.758. The van der Waals surface area contributed by atoms with Crippen LogP contribution >= 0.6 is 0 Å². The normalized spacial score (nSPS) is 12.1. The van der Waals surface area contributed by atoms with E-state index in [4.69, 9.17) is 5.73 Å². The zero-order valence-electron chi connectivity index (χ0n) is 9.80. The summed E-state index contributed by atoms with van der Waals surface area (Å²) in [5.41, 5.74) is 7.28. The number of hydrogen-bond donors (Lipinski definition) is 2. The van der Waals surface area contributed by atoms with Gasteiger partial charge < -0.3 is 11.1 Å². The number of benzene rings is 1. The van der Waals surface area contributed by atoms with E-state index in [0.717, 1.165) is 5.56 Å². The van der Waals surface area contributed by atoms with Gasteiger partial charge in [-0.25, -0.2) is 8.78 Å². The highest BCUT2D eigenvalue weighted by Gasteiger charge is 2.39. The first-order valence-corrected chi connectivity index (χ1v) is 5.63. The molecule has 0 aromatic heterocycles. The van der Waals surface area contributed by atoms with E-state index in [1.54, 1.807) is 12.1 Å². The summed E-state index contributed by atoms with van der Waals surface area (Å²) in [5, 5.41) is 2.33. The molecule has 6 heteroatoms. The molecule has 0 amide bonds. The molecular formula is C12H16F4N2. The summed E-state index contributed by atoms with van der Waals surface area (Å²) >= 11 is 0. The van der Waals surface area contributed by atoms with Crippen LogP contribution in [0, 0.1) is 0 Å². The van der Waals surface area contributed by atoms with Gasteiger partial charge in [-0.15, -0.1) is 0 Å². The maximum Gasteiger partial charge on any atom is 0.319 e. The quantitative estimate of drug-likeness (QED) is 0.451. The van der Waals surface area contributed by atoms with Crippen molar-refractivity contribution in [3.8, 4) is 0 Å². The van der Waals surface area contributed by atoms with Gasteiger partial charge in [-0.1, -0.05) is 18.2 Å². The topological polar surface area (TPSA) is 38.0 Å². The van der Waals surface area contributed by atoms with Crippen LogP contribution in [-0.2, 0) is 6.42 Å². The zero-order chi connectivity index (χ0) is 13.6. The van der Waals surface area contributed by atoms with Gasteiger partial charge in [0.05, 0.1) is 6.54 Å². The minimum Gasteiger partial charge on any atom is -0.399 e. The largest absolute Gasteiger partial charge is 0.399 e. The fraction of sp³-hybridized carbons (Fsp3) is 0.500. The molecule has 0 bridgehead atoms. The predicted molar refractivity (Wildman–Crippen MR) is 63.0 cm³/mol. The highest BCUT2D eigenvalue weighted by molar-refractivity contribution is 5.46. The summed E-state index contributed by atoms with van der Waals surface area (Å²) in [4.78, 5) is 0. The maximum atomic E-state index is 12.5. The Morgan fingerprint density at radius 1 is 1.22 bits per heavy atom. The van der Waals surface area contributed by atoms with E-state index in [2.05, 4.69) is 5.32 Å². The summed E-state index contributed by atoms with van der Waals surface area (Å²) in [7, 11) is 0. The third kappa shape index (κ3) is 4.52. The van der Waals surface area contributed by atoms with Crippen LogP contribution in [-0.4, -0.2) is 25.4 Å². The number of anilines is 1. The Balaban J connectivity index is 2.22. The van der Waals surface area contributed by atoms with Crippen molar-refractivity contribution in [3.05, 3.63) is 29.8 Å². The van der Waals surface area contributed by atoms with Crippen molar-refractivity contribution in [2.75, 3.05) is 18.8 Å². The first-order valence-electron chi connectivity index (χ1n) is 5.63. The van der Waals surface area contributed by atoms with Crippen LogP contribution in [0.5, 0.6) is 0 Å². The average molecular weight is 264 g/mol. The Morgan fingerprint density at radius 3 is 2.50 bits per heavy atom. The molecule has 0 radical (unpaired) electrons. The Labute approximate surface area is 103 Å². The molecule has 1 aromatic rings. The summed E-state index contributed by atoms with van der Waals surface area (Å²) in [6.07, 6.45) is -2.44. The fourth-order valence-corrected chi connectivity index (χ4v) is 1.50. The lowest BCUT2D eigenvalue weighted by molar-refractivity contribution is -0.125. The van der Waals surface area contributed by atoms with Crippen molar-refractivity contribution in [1.29, 1.82) is 0 Å². The van der Waals surface area contributed by atoms with Crippen molar-refractivity contribution in [1.82, 2.24) is 5.32 Å². The van der Waals surface area contributed by atoms with E-state index in [0.29, 0.717) is 18.5 Å². The molecule has 0 atom stereocenters. The molecule has 1 aromatic carbocycles. The van der Waals surface area contributed by atoms with Crippen LogP contribution in [0.1, 0.15) is 12.0 Å². The van der Waals surface area contributed by atoms with E-state index in [9.17, 15) is 17.6 Å². The molecule has 2 nitrogen and oxygen atoms in total. The second kappa shape index (κ2) is 6.58. The van der Waals surface area contributed by atoms with Gasteiger partial charge in [-0.05, 0) is 31.0 Å². The highest BCUT2D eigenvalue weighted by atomic mass is 19.3. The van der Waals surface area contributed by atoms with Crippen LogP contribution in [0.3, 0.4) is 0 Å². The van der Waals surface area contributed by atoms with Crippen LogP contribution in [0.25, 0.3) is 0 Å². The van der Waals surface area contributed by atoms with Gasteiger partial charge in [0.25, 0.3) is 0 Å². The van der Waals surface area contributed by atoms with Gasteiger partial charge in [0, 0.05) is 5.69 Å². The molecule has 102 valence electrons. The number of aryl methyl sites for hydroxylation is 1. The van der Waals surface area contributed by atoms with Gasteiger partial charge in [-0.3, -0.25) is 0 Å². The number of halogens is 4. The first-order chi connectivity index (χ1) is 8.43. The van der Waals surface area contributed by atoms with Gasteiger partial charge in [0.2, 0.25) is 0 Å². The van der Waals surface area contributed by atoms with Crippen LogP contribution in [0.4, 0.5) is 23.2 Å². The van der Waals surface area contributed by atoms with Gasteiger partial charge in [-0.2, -0.15) is 8.78 Å². The molecule has 0 aliphatic carbocycles. The number of nitrogens with one attached hydrogen (secondary N) is 1. The lowest BCUT2D eigenvalue weighted by atomic mass is 10.1.